The first-order valence-electron chi connectivity index (χ1n) is 5.28. The number of likely N-dealkylation sites (N-methyl/N-ethyl adjacent to an activating group) is 1. The van der Waals surface area contributed by atoms with Crippen LogP contribution in [0.4, 0.5) is 0 Å². The number of aromatic hydroxyl groups is 1. The van der Waals surface area contributed by atoms with Crippen LogP contribution in [0, 0.1) is 6.92 Å². The molecule has 0 aliphatic carbocycles. The summed E-state index contributed by atoms with van der Waals surface area (Å²) in [5.74, 6) is 0.228. The second-order valence-electron chi connectivity index (χ2n) is 3.80. The number of phenols is 1. The topological polar surface area (TPSA) is 61.4 Å². The van der Waals surface area contributed by atoms with E-state index in [1.807, 2.05) is 25.1 Å². The summed E-state index contributed by atoms with van der Waals surface area (Å²) < 4.78 is 0. The Hall–Kier alpha value is -1.55. The molecule has 4 nitrogen and oxygen atoms in total. The van der Waals surface area contributed by atoms with Gasteiger partial charge in [0, 0.05) is 19.2 Å². The van der Waals surface area contributed by atoms with Crippen molar-refractivity contribution in [1.82, 2.24) is 10.6 Å². The van der Waals surface area contributed by atoms with Gasteiger partial charge < -0.3 is 15.7 Å². The van der Waals surface area contributed by atoms with Crippen molar-refractivity contribution in [3.8, 4) is 5.75 Å². The summed E-state index contributed by atoms with van der Waals surface area (Å²) in [4.78, 5) is 11.2. The quantitative estimate of drug-likeness (QED) is 0.710. The second kappa shape index (κ2) is 5.51. The molecule has 1 rings (SSSR count). The fraction of sp³-hybridized carbons (Fsp3) is 0.417. The first-order valence-corrected chi connectivity index (χ1v) is 5.28. The number of aryl methyl sites for hydroxylation is 1. The number of amides is 1. The monoisotopic (exact) mass is 222 g/mol. The highest BCUT2D eigenvalue weighted by Gasteiger charge is 2.11. The molecule has 0 aromatic heterocycles. The minimum atomic E-state index is -0.273. The SMILES string of the molecule is CNC(=O)C(C)NCc1cccc(C)c1O. The summed E-state index contributed by atoms with van der Waals surface area (Å²) >= 11 is 0. The fourth-order valence-electron chi connectivity index (χ4n) is 1.43. The number of para-hydroxylation sites is 1. The molecule has 16 heavy (non-hydrogen) atoms. The lowest BCUT2D eigenvalue weighted by atomic mass is 10.1. The van der Waals surface area contributed by atoms with Gasteiger partial charge in [0.2, 0.25) is 5.91 Å². The molecule has 0 bridgehead atoms. The molecular formula is C12H18N2O2. The molecule has 0 aliphatic rings. The van der Waals surface area contributed by atoms with E-state index < -0.39 is 0 Å². The van der Waals surface area contributed by atoms with Gasteiger partial charge in [-0.05, 0) is 19.4 Å². The van der Waals surface area contributed by atoms with Gasteiger partial charge in [-0.25, -0.2) is 0 Å². The summed E-state index contributed by atoms with van der Waals surface area (Å²) in [6.45, 7) is 4.11. The van der Waals surface area contributed by atoms with E-state index in [4.69, 9.17) is 0 Å². The van der Waals surface area contributed by atoms with Crippen molar-refractivity contribution in [2.75, 3.05) is 7.05 Å². The number of phenolic OH excluding ortho intramolecular Hbond substituents is 1. The van der Waals surface area contributed by atoms with Gasteiger partial charge >= 0.3 is 0 Å². The van der Waals surface area contributed by atoms with Crippen LogP contribution in [-0.4, -0.2) is 24.1 Å². The van der Waals surface area contributed by atoms with Crippen molar-refractivity contribution < 1.29 is 9.90 Å². The van der Waals surface area contributed by atoms with E-state index in [1.165, 1.54) is 0 Å². The van der Waals surface area contributed by atoms with Gasteiger partial charge in [-0.3, -0.25) is 4.79 Å². The molecule has 88 valence electrons. The molecule has 0 radical (unpaired) electrons. The van der Waals surface area contributed by atoms with Gasteiger partial charge in [-0.2, -0.15) is 0 Å². The van der Waals surface area contributed by atoms with Crippen LogP contribution in [0.5, 0.6) is 5.75 Å². The smallest absolute Gasteiger partial charge is 0.236 e. The number of carbonyl (C=O) groups is 1. The van der Waals surface area contributed by atoms with Crippen LogP contribution in [0.3, 0.4) is 0 Å². The molecule has 0 heterocycles. The zero-order chi connectivity index (χ0) is 12.1. The Bertz CT molecular complexity index is 377. The molecule has 3 N–H and O–H groups in total. The van der Waals surface area contributed by atoms with Crippen LogP contribution in [0.1, 0.15) is 18.1 Å². The Kier molecular flexibility index (Phi) is 4.31. The van der Waals surface area contributed by atoms with Crippen LogP contribution >= 0.6 is 0 Å². The van der Waals surface area contributed by atoms with E-state index >= 15 is 0 Å². The normalized spacial score (nSPS) is 12.2. The van der Waals surface area contributed by atoms with E-state index in [0.29, 0.717) is 12.3 Å². The van der Waals surface area contributed by atoms with Crippen molar-refractivity contribution in [3.63, 3.8) is 0 Å². The second-order valence-corrected chi connectivity index (χ2v) is 3.80. The van der Waals surface area contributed by atoms with Crippen molar-refractivity contribution in [2.24, 2.45) is 0 Å². The van der Waals surface area contributed by atoms with Gasteiger partial charge in [0.1, 0.15) is 5.75 Å². The number of hydrogen-bond acceptors (Lipinski definition) is 3. The minimum Gasteiger partial charge on any atom is -0.507 e. The third-order valence-corrected chi connectivity index (χ3v) is 2.56. The molecule has 0 saturated heterocycles. The first kappa shape index (κ1) is 12.5. The highest BCUT2D eigenvalue weighted by Crippen LogP contribution is 2.20. The summed E-state index contributed by atoms with van der Waals surface area (Å²) in [6.07, 6.45) is 0. The van der Waals surface area contributed by atoms with Gasteiger partial charge in [0.15, 0.2) is 0 Å². The Morgan fingerprint density at radius 2 is 2.19 bits per heavy atom. The molecule has 0 saturated carbocycles. The van der Waals surface area contributed by atoms with Crippen LogP contribution in [-0.2, 0) is 11.3 Å². The molecule has 0 fully saturated rings. The third kappa shape index (κ3) is 2.97. The van der Waals surface area contributed by atoms with E-state index in [9.17, 15) is 9.90 Å². The van der Waals surface area contributed by atoms with Crippen molar-refractivity contribution in [1.29, 1.82) is 0 Å². The Balaban J connectivity index is 2.61. The summed E-state index contributed by atoms with van der Waals surface area (Å²) in [6, 6.07) is 5.30. The highest BCUT2D eigenvalue weighted by atomic mass is 16.3. The molecule has 0 aliphatic heterocycles. The van der Waals surface area contributed by atoms with Crippen LogP contribution in [0.15, 0.2) is 18.2 Å². The average molecular weight is 222 g/mol. The average Bonchev–Trinajstić information content (AvgIpc) is 2.29. The number of rotatable bonds is 4. The van der Waals surface area contributed by atoms with Crippen molar-refractivity contribution in [2.45, 2.75) is 26.4 Å². The maximum atomic E-state index is 11.2. The predicted molar refractivity (Wildman–Crippen MR) is 63.2 cm³/mol. The predicted octanol–water partition coefficient (Wildman–Crippen LogP) is 0.925. The van der Waals surface area contributed by atoms with E-state index in [2.05, 4.69) is 10.6 Å². The molecule has 1 atom stereocenters. The van der Waals surface area contributed by atoms with Gasteiger partial charge in [0.25, 0.3) is 0 Å². The number of nitrogens with one attached hydrogen (secondary N) is 2. The zero-order valence-electron chi connectivity index (χ0n) is 9.87. The number of hydrogen-bond donors (Lipinski definition) is 3. The third-order valence-electron chi connectivity index (χ3n) is 2.56. The van der Waals surface area contributed by atoms with Gasteiger partial charge in [0.05, 0.1) is 6.04 Å². The first-order chi connectivity index (χ1) is 7.56. The van der Waals surface area contributed by atoms with Crippen LogP contribution in [0.25, 0.3) is 0 Å². The van der Waals surface area contributed by atoms with E-state index in [1.54, 1.807) is 14.0 Å². The highest BCUT2D eigenvalue weighted by molar-refractivity contribution is 5.80. The maximum Gasteiger partial charge on any atom is 0.236 e. The summed E-state index contributed by atoms with van der Waals surface area (Å²) in [7, 11) is 1.60. The lowest BCUT2D eigenvalue weighted by molar-refractivity contribution is -0.122. The molecule has 1 amide bonds. The molecule has 4 heteroatoms. The van der Waals surface area contributed by atoms with E-state index in [0.717, 1.165) is 11.1 Å². The molecule has 1 aromatic rings. The molecule has 1 aromatic carbocycles. The van der Waals surface area contributed by atoms with Crippen molar-refractivity contribution >= 4 is 5.91 Å². The standard InChI is InChI=1S/C12H18N2O2/c1-8-5-4-6-10(11(8)15)7-14-9(2)12(16)13-3/h4-6,9,14-15H,7H2,1-3H3,(H,13,16). The Morgan fingerprint density at radius 1 is 1.50 bits per heavy atom. The Morgan fingerprint density at radius 3 is 2.81 bits per heavy atom. The fourth-order valence-corrected chi connectivity index (χ4v) is 1.43. The lowest BCUT2D eigenvalue weighted by Gasteiger charge is -2.13. The summed E-state index contributed by atoms with van der Waals surface area (Å²) in [5, 5.41) is 15.4. The zero-order valence-corrected chi connectivity index (χ0v) is 9.87. The maximum absolute atomic E-state index is 11.2. The minimum absolute atomic E-state index is 0.0628. The molecule has 1 unspecified atom stereocenters. The van der Waals surface area contributed by atoms with E-state index in [-0.39, 0.29) is 11.9 Å². The number of benzene rings is 1. The summed E-state index contributed by atoms with van der Waals surface area (Å²) in [5.41, 5.74) is 1.64. The molecule has 0 spiro atoms. The largest absolute Gasteiger partial charge is 0.507 e. The van der Waals surface area contributed by atoms with Crippen LogP contribution in [0.2, 0.25) is 0 Å². The molecular weight excluding hydrogens is 204 g/mol. The Labute approximate surface area is 95.7 Å². The van der Waals surface area contributed by atoms with Crippen LogP contribution < -0.4 is 10.6 Å². The van der Waals surface area contributed by atoms with Gasteiger partial charge in [-0.15, -0.1) is 0 Å². The lowest BCUT2D eigenvalue weighted by Crippen LogP contribution is -2.40. The van der Waals surface area contributed by atoms with Gasteiger partial charge in [-0.1, -0.05) is 18.2 Å². The number of carbonyl (C=O) groups excluding carboxylic acids is 1. The van der Waals surface area contributed by atoms with Crippen molar-refractivity contribution in [3.05, 3.63) is 29.3 Å².